The van der Waals surface area contributed by atoms with Crippen molar-refractivity contribution in [1.82, 2.24) is 10.6 Å². The SMILES string of the molecule is CC[C@@H](CO)NCc1ccc[c-]1CN[C@@H](CC)CO.[Fe].[cH-]1[cH-][cH-][cH-][cH-]1. The molecule has 0 unspecified atom stereocenters. The monoisotopic (exact) mass is 388 g/mol. The fourth-order valence-electron chi connectivity index (χ4n) is 2.34. The Morgan fingerprint density at radius 3 is 1.96 bits per heavy atom. The van der Waals surface area contributed by atoms with E-state index in [4.69, 9.17) is 10.2 Å². The molecule has 0 amide bonds. The maximum atomic E-state index is 9.16. The van der Waals surface area contributed by atoms with Crippen LogP contribution in [0.15, 0.2) is 48.5 Å². The number of aliphatic hydroxyl groups excluding tert-OH is 2. The molecule has 0 bridgehead atoms. The zero-order valence-electron chi connectivity index (χ0n) is 15.3. The van der Waals surface area contributed by atoms with Gasteiger partial charge in [0.2, 0.25) is 0 Å². The number of rotatable bonds is 10. The summed E-state index contributed by atoms with van der Waals surface area (Å²) in [4.78, 5) is 0. The van der Waals surface area contributed by atoms with E-state index in [-0.39, 0.29) is 42.4 Å². The first kappa shape index (κ1) is 24.1. The molecule has 2 aromatic carbocycles. The van der Waals surface area contributed by atoms with Crippen LogP contribution < -0.4 is 10.6 Å². The molecule has 25 heavy (non-hydrogen) atoms. The van der Waals surface area contributed by atoms with E-state index < -0.39 is 0 Å². The van der Waals surface area contributed by atoms with Gasteiger partial charge in [-0.3, -0.25) is 0 Å². The molecule has 0 radical (unpaired) electrons. The minimum atomic E-state index is 0. The molecule has 4 N–H and O–H groups in total. The van der Waals surface area contributed by atoms with E-state index in [0.29, 0.717) is 0 Å². The molecule has 148 valence electrons. The molecule has 2 rings (SSSR count). The maximum absolute atomic E-state index is 9.16. The van der Waals surface area contributed by atoms with Crippen molar-refractivity contribution in [2.24, 2.45) is 0 Å². The van der Waals surface area contributed by atoms with Gasteiger partial charge in [0.25, 0.3) is 0 Å². The summed E-state index contributed by atoms with van der Waals surface area (Å²) in [6.07, 6.45) is 1.85. The number of hydrogen-bond acceptors (Lipinski definition) is 4. The van der Waals surface area contributed by atoms with E-state index in [0.717, 1.165) is 25.9 Å². The van der Waals surface area contributed by atoms with Gasteiger partial charge in [0, 0.05) is 29.2 Å². The molecular formula is C20H32FeN2O2-6. The Kier molecular flexibility index (Phi) is 14.7. The Labute approximate surface area is 162 Å². The van der Waals surface area contributed by atoms with Crippen LogP contribution in [0.2, 0.25) is 0 Å². The minimum absolute atomic E-state index is 0. The first-order chi connectivity index (χ1) is 11.7. The summed E-state index contributed by atoms with van der Waals surface area (Å²) in [5.74, 6) is 0. The van der Waals surface area contributed by atoms with E-state index >= 15 is 0 Å². The van der Waals surface area contributed by atoms with Gasteiger partial charge in [-0.1, -0.05) is 13.8 Å². The first-order valence-electron chi connectivity index (χ1n) is 8.83. The van der Waals surface area contributed by atoms with E-state index in [1.807, 2.05) is 36.4 Å². The topological polar surface area (TPSA) is 64.5 Å². The van der Waals surface area contributed by atoms with Gasteiger partial charge in [0.1, 0.15) is 0 Å². The van der Waals surface area contributed by atoms with E-state index in [1.165, 1.54) is 11.1 Å². The van der Waals surface area contributed by atoms with Crippen LogP contribution in [0.3, 0.4) is 0 Å². The van der Waals surface area contributed by atoms with E-state index in [9.17, 15) is 0 Å². The fraction of sp³-hybridized carbons (Fsp3) is 0.500. The molecule has 5 heteroatoms. The van der Waals surface area contributed by atoms with Gasteiger partial charge in [0.15, 0.2) is 0 Å². The van der Waals surface area contributed by atoms with Crippen molar-refractivity contribution in [3.05, 3.63) is 59.7 Å². The number of hydrogen-bond donors (Lipinski definition) is 4. The smallest absolute Gasteiger partial charge is 0.0584 e. The van der Waals surface area contributed by atoms with Crippen molar-refractivity contribution in [3.63, 3.8) is 0 Å². The Morgan fingerprint density at radius 1 is 0.960 bits per heavy atom. The van der Waals surface area contributed by atoms with Crippen LogP contribution in [-0.2, 0) is 30.2 Å². The Hall–Kier alpha value is -0.941. The Morgan fingerprint density at radius 2 is 1.48 bits per heavy atom. The van der Waals surface area contributed by atoms with Crippen LogP contribution in [0.4, 0.5) is 0 Å². The maximum Gasteiger partial charge on any atom is 0.0584 e. The molecule has 0 aromatic heterocycles. The molecule has 0 aliphatic rings. The molecule has 0 spiro atoms. The Bertz CT molecular complexity index is 444. The summed E-state index contributed by atoms with van der Waals surface area (Å²) in [5, 5.41) is 25.0. The zero-order chi connectivity index (χ0) is 17.6. The molecule has 0 heterocycles. The average molecular weight is 388 g/mol. The molecule has 2 aromatic rings. The second-order valence-corrected chi connectivity index (χ2v) is 5.88. The normalized spacial score (nSPS) is 12.6. The van der Waals surface area contributed by atoms with Gasteiger partial charge in [-0.25, -0.2) is 12.1 Å². The molecule has 4 nitrogen and oxygen atoms in total. The van der Waals surface area contributed by atoms with Gasteiger partial charge in [-0.15, -0.1) is 5.56 Å². The molecule has 0 saturated heterocycles. The van der Waals surface area contributed by atoms with Gasteiger partial charge in [-0.05, 0) is 25.9 Å². The van der Waals surface area contributed by atoms with Crippen LogP contribution in [-0.4, -0.2) is 35.5 Å². The predicted octanol–water partition coefficient (Wildman–Crippen LogP) is 2.53. The van der Waals surface area contributed by atoms with Gasteiger partial charge < -0.3 is 51.2 Å². The fourth-order valence-corrected chi connectivity index (χ4v) is 2.34. The van der Waals surface area contributed by atoms with Crippen molar-refractivity contribution in [3.8, 4) is 0 Å². The van der Waals surface area contributed by atoms with Crippen LogP contribution >= 0.6 is 0 Å². The van der Waals surface area contributed by atoms with Crippen LogP contribution in [0.25, 0.3) is 0 Å². The van der Waals surface area contributed by atoms with Crippen molar-refractivity contribution < 1.29 is 27.3 Å². The van der Waals surface area contributed by atoms with Crippen molar-refractivity contribution in [2.45, 2.75) is 51.9 Å². The molecule has 0 aliphatic heterocycles. The number of aliphatic hydroxyl groups is 2. The second-order valence-electron chi connectivity index (χ2n) is 5.88. The standard InChI is InChI=1S/C15H27N2O2.C5H5.Fe/c1-3-14(10-18)16-8-12-6-5-7-13(12)9-17-15(4-2)11-19;1-2-4-5-3-1;/h5-7,14-19H,3-4,8-11H2,1-2H3;1-5H;/q-1;-5;/t14-,15-;;/m0../s1. The molecule has 2 atom stereocenters. The third kappa shape index (κ3) is 9.95. The van der Waals surface area contributed by atoms with Crippen LogP contribution in [0.5, 0.6) is 0 Å². The van der Waals surface area contributed by atoms with Gasteiger partial charge >= 0.3 is 0 Å². The van der Waals surface area contributed by atoms with E-state index in [1.54, 1.807) is 0 Å². The quantitative estimate of drug-likeness (QED) is 0.373. The summed E-state index contributed by atoms with van der Waals surface area (Å²) in [5.41, 5.74) is 2.51. The summed E-state index contributed by atoms with van der Waals surface area (Å²) in [6.45, 7) is 6.03. The Balaban J connectivity index is 0.000000820. The third-order valence-electron chi connectivity index (χ3n) is 4.15. The molecule has 0 fully saturated rings. The van der Waals surface area contributed by atoms with Gasteiger partial charge in [-0.2, -0.15) is 11.6 Å². The third-order valence-corrected chi connectivity index (χ3v) is 4.15. The first-order valence-corrected chi connectivity index (χ1v) is 8.83. The van der Waals surface area contributed by atoms with Crippen molar-refractivity contribution in [2.75, 3.05) is 13.2 Å². The molecule has 0 aliphatic carbocycles. The molecule has 0 saturated carbocycles. The van der Waals surface area contributed by atoms with Crippen molar-refractivity contribution >= 4 is 0 Å². The average Bonchev–Trinajstić information content (AvgIpc) is 3.32. The predicted molar refractivity (Wildman–Crippen MR) is 100 cm³/mol. The second kappa shape index (κ2) is 15.3. The zero-order valence-corrected chi connectivity index (χ0v) is 16.4. The van der Waals surface area contributed by atoms with Crippen LogP contribution in [0.1, 0.15) is 37.8 Å². The summed E-state index contributed by atoms with van der Waals surface area (Å²) >= 11 is 0. The largest absolute Gasteiger partial charge is 0.748 e. The van der Waals surface area contributed by atoms with Crippen LogP contribution in [0, 0.1) is 0 Å². The molecular weight excluding hydrogens is 356 g/mol. The van der Waals surface area contributed by atoms with Crippen molar-refractivity contribution in [1.29, 1.82) is 0 Å². The van der Waals surface area contributed by atoms with E-state index in [2.05, 4.69) is 36.6 Å². The number of nitrogens with one attached hydrogen (secondary N) is 2. The summed E-state index contributed by atoms with van der Waals surface area (Å²) in [6, 6.07) is 16.6. The summed E-state index contributed by atoms with van der Waals surface area (Å²) in [7, 11) is 0. The summed E-state index contributed by atoms with van der Waals surface area (Å²) < 4.78 is 0. The van der Waals surface area contributed by atoms with Gasteiger partial charge in [0.05, 0.1) is 13.2 Å². The minimum Gasteiger partial charge on any atom is -0.748 e.